The van der Waals surface area contributed by atoms with Gasteiger partial charge in [0.05, 0.1) is 0 Å². The molecule has 3 rings (SSSR count). The highest BCUT2D eigenvalue weighted by molar-refractivity contribution is 9.10. The normalized spacial score (nSPS) is 27.0. The molecule has 1 N–H and O–H groups in total. The van der Waals surface area contributed by atoms with E-state index in [1.54, 1.807) is 0 Å². The molecule has 0 bridgehead atoms. The molecule has 0 saturated carbocycles. The van der Waals surface area contributed by atoms with Gasteiger partial charge < -0.3 is 5.32 Å². The van der Waals surface area contributed by atoms with E-state index in [-0.39, 0.29) is 17.7 Å². The lowest BCUT2D eigenvalue weighted by Gasteiger charge is -2.35. The van der Waals surface area contributed by atoms with Gasteiger partial charge in [0, 0.05) is 27.6 Å². The summed E-state index contributed by atoms with van der Waals surface area (Å²) < 4.78 is -0.722. The molecule has 0 aromatic heterocycles. The lowest BCUT2D eigenvalue weighted by molar-refractivity contribution is -0.121. The van der Waals surface area contributed by atoms with Crippen LogP contribution in [0.5, 0.6) is 0 Å². The minimum absolute atomic E-state index is 0.0182. The third-order valence-corrected chi connectivity index (χ3v) is 6.71. The maximum Gasteiger partial charge on any atom is 0.242 e. The lowest BCUT2D eigenvalue weighted by Crippen LogP contribution is -2.42. The lowest BCUT2D eigenvalue weighted by atomic mass is 9.74. The second kappa shape index (κ2) is 7.07. The summed E-state index contributed by atoms with van der Waals surface area (Å²) >= 11 is 16.1. The Morgan fingerprint density at radius 2 is 2.25 bits per heavy atom. The Bertz CT molecular complexity index is 743. The maximum atomic E-state index is 12.9. The van der Waals surface area contributed by atoms with Crippen LogP contribution in [0.15, 0.2) is 59.8 Å². The van der Waals surface area contributed by atoms with E-state index in [1.165, 1.54) is 0 Å². The van der Waals surface area contributed by atoms with E-state index in [1.807, 2.05) is 42.5 Å². The van der Waals surface area contributed by atoms with Crippen molar-refractivity contribution < 1.29 is 4.79 Å². The van der Waals surface area contributed by atoms with Gasteiger partial charge in [-0.2, -0.15) is 0 Å². The minimum Gasteiger partial charge on any atom is -0.328 e. The van der Waals surface area contributed by atoms with Crippen LogP contribution in [0.3, 0.4) is 0 Å². The molecule has 3 unspecified atom stereocenters. The van der Waals surface area contributed by atoms with Gasteiger partial charge in [-0.15, -0.1) is 6.58 Å². The van der Waals surface area contributed by atoms with Crippen LogP contribution in [-0.2, 0) is 4.79 Å². The first-order valence-corrected chi connectivity index (χ1v) is 9.45. The fraction of sp³-hybridized carbons (Fsp3) is 0.316. The minimum atomic E-state index is -0.722. The van der Waals surface area contributed by atoms with Crippen LogP contribution in [-0.4, -0.2) is 10.2 Å². The average Bonchev–Trinajstić information content (AvgIpc) is 2.79. The highest BCUT2D eigenvalue weighted by Crippen LogP contribution is 2.52. The predicted octanol–water partition coefficient (Wildman–Crippen LogP) is 5.68. The van der Waals surface area contributed by atoms with Crippen molar-refractivity contribution in [1.82, 2.24) is 5.32 Å². The first kappa shape index (κ1) is 17.8. The number of nitrogens with one attached hydrogen (secondary N) is 1. The van der Waals surface area contributed by atoms with Crippen LogP contribution in [0.4, 0.5) is 0 Å². The highest BCUT2D eigenvalue weighted by Gasteiger charge is 2.56. The van der Waals surface area contributed by atoms with Crippen molar-refractivity contribution in [2.75, 3.05) is 0 Å². The molecule has 3 atom stereocenters. The monoisotopic (exact) mass is 425 g/mol. The van der Waals surface area contributed by atoms with Gasteiger partial charge in [-0.25, -0.2) is 0 Å². The van der Waals surface area contributed by atoms with Crippen molar-refractivity contribution in [3.05, 3.63) is 70.4 Å². The van der Waals surface area contributed by atoms with Crippen molar-refractivity contribution in [2.45, 2.75) is 29.5 Å². The van der Waals surface area contributed by atoms with E-state index in [2.05, 4.69) is 27.8 Å². The summed E-state index contributed by atoms with van der Waals surface area (Å²) in [5.41, 5.74) is 1.94. The van der Waals surface area contributed by atoms with Gasteiger partial charge in [-0.3, -0.25) is 4.79 Å². The zero-order valence-corrected chi connectivity index (χ0v) is 16.2. The number of alkyl halides is 1. The largest absolute Gasteiger partial charge is 0.328 e. The number of carbonyl (C=O) groups excluding carboxylic acids is 1. The fourth-order valence-corrected chi connectivity index (χ4v) is 5.03. The van der Waals surface area contributed by atoms with Crippen LogP contribution in [0.25, 0.3) is 0 Å². The van der Waals surface area contributed by atoms with Crippen LogP contribution in [0.2, 0.25) is 5.02 Å². The molecule has 2 nitrogen and oxygen atoms in total. The van der Waals surface area contributed by atoms with E-state index in [9.17, 15) is 4.79 Å². The number of benzene rings is 1. The summed E-state index contributed by atoms with van der Waals surface area (Å²) in [5, 5.41) is 4.35. The first-order valence-electron chi connectivity index (χ1n) is 7.90. The molecule has 5 heteroatoms. The predicted molar refractivity (Wildman–Crippen MR) is 104 cm³/mol. The van der Waals surface area contributed by atoms with E-state index < -0.39 is 4.32 Å². The molecule has 126 valence electrons. The van der Waals surface area contributed by atoms with Gasteiger partial charge in [-0.05, 0) is 43.0 Å². The van der Waals surface area contributed by atoms with Gasteiger partial charge in [0.1, 0.15) is 4.32 Å². The van der Waals surface area contributed by atoms with Crippen LogP contribution in [0, 0.1) is 5.92 Å². The Kier molecular flexibility index (Phi) is 5.24. The van der Waals surface area contributed by atoms with Gasteiger partial charge >= 0.3 is 0 Å². The Balaban J connectivity index is 2.04. The zero-order chi connectivity index (χ0) is 17.3. The number of rotatable bonds is 5. The van der Waals surface area contributed by atoms with Gasteiger partial charge in [-0.1, -0.05) is 63.4 Å². The van der Waals surface area contributed by atoms with E-state index in [4.69, 9.17) is 23.2 Å². The van der Waals surface area contributed by atoms with Crippen LogP contribution < -0.4 is 5.32 Å². The summed E-state index contributed by atoms with van der Waals surface area (Å²) in [7, 11) is 0. The fourth-order valence-electron chi connectivity index (χ4n) is 3.60. The molecule has 1 aromatic carbocycles. The van der Waals surface area contributed by atoms with Crippen molar-refractivity contribution in [3.8, 4) is 0 Å². The number of hydrogen-bond acceptors (Lipinski definition) is 1. The van der Waals surface area contributed by atoms with Crippen LogP contribution in [0.1, 0.15) is 30.7 Å². The van der Waals surface area contributed by atoms with Gasteiger partial charge in [0.15, 0.2) is 0 Å². The molecule has 24 heavy (non-hydrogen) atoms. The molecular formula is C19H18BrCl2NO. The Morgan fingerprint density at radius 3 is 2.96 bits per heavy atom. The molecule has 1 aliphatic carbocycles. The molecule has 1 saturated heterocycles. The Morgan fingerprint density at radius 1 is 1.46 bits per heavy atom. The van der Waals surface area contributed by atoms with E-state index in [0.717, 1.165) is 30.5 Å². The topological polar surface area (TPSA) is 29.1 Å². The Hall–Kier alpha value is -1.03. The molecule has 0 radical (unpaired) electrons. The average molecular weight is 427 g/mol. The standard InChI is InChI=1S/C19H18BrCl2NO/c1-2-3-7-15(12-5-4-6-13(21)10-12)19(20)16-9-8-14(22)11-17(16)23-18(19)24/h2,4-6,8,10-11,15-16H,1,3,7,9H2,(H,23,24). The third kappa shape index (κ3) is 3.10. The molecule has 1 aliphatic heterocycles. The number of halogens is 3. The van der Waals surface area contributed by atoms with Crippen molar-refractivity contribution in [3.63, 3.8) is 0 Å². The van der Waals surface area contributed by atoms with Crippen LogP contribution >= 0.6 is 39.1 Å². The summed E-state index contributed by atoms with van der Waals surface area (Å²) in [6.45, 7) is 3.82. The Labute approximate surface area is 160 Å². The quantitative estimate of drug-likeness (QED) is 0.476. The summed E-state index contributed by atoms with van der Waals surface area (Å²) in [6.07, 6.45) is 8.05. The zero-order valence-electron chi connectivity index (χ0n) is 13.1. The van der Waals surface area contributed by atoms with Crippen molar-refractivity contribution >= 4 is 45.0 Å². The molecule has 0 spiro atoms. The molecule has 1 fully saturated rings. The van der Waals surface area contributed by atoms with E-state index in [0.29, 0.717) is 10.1 Å². The summed E-state index contributed by atoms with van der Waals surface area (Å²) in [5.74, 6) is -0.00998. The third-order valence-electron chi connectivity index (χ3n) is 4.75. The second-order valence-electron chi connectivity index (χ2n) is 6.17. The molecule has 1 heterocycles. The van der Waals surface area contributed by atoms with Crippen molar-refractivity contribution in [1.29, 1.82) is 0 Å². The number of allylic oxidation sites excluding steroid dienone is 5. The molecule has 1 amide bonds. The van der Waals surface area contributed by atoms with Gasteiger partial charge in [0.2, 0.25) is 5.91 Å². The van der Waals surface area contributed by atoms with Crippen molar-refractivity contribution in [2.24, 2.45) is 5.92 Å². The first-order chi connectivity index (χ1) is 11.5. The summed E-state index contributed by atoms with van der Waals surface area (Å²) in [6, 6.07) is 7.75. The highest BCUT2D eigenvalue weighted by atomic mass is 79.9. The second-order valence-corrected chi connectivity index (χ2v) is 8.36. The maximum absolute atomic E-state index is 12.9. The molecule has 2 aliphatic rings. The SMILES string of the molecule is C=CCCC(c1cccc(Cl)c1)C1(Br)C(=O)NC2=CC(Cl)=CCC21. The number of fused-ring (bicyclic) bond motifs is 1. The molecular weight excluding hydrogens is 409 g/mol. The summed E-state index contributed by atoms with van der Waals surface area (Å²) in [4.78, 5) is 12.9. The molecule has 1 aromatic rings. The number of carbonyl (C=O) groups is 1. The van der Waals surface area contributed by atoms with Gasteiger partial charge in [0.25, 0.3) is 0 Å². The number of hydrogen-bond donors (Lipinski definition) is 1. The number of amides is 1. The smallest absolute Gasteiger partial charge is 0.242 e. The van der Waals surface area contributed by atoms with E-state index >= 15 is 0 Å².